The minimum absolute atomic E-state index is 0.310. The molecule has 0 aromatic carbocycles. The normalized spacial score (nSPS) is 9.75. The summed E-state index contributed by atoms with van der Waals surface area (Å²) in [5.74, 6) is -1.39. The molecule has 4 nitrogen and oxygen atoms in total. The second kappa shape index (κ2) is 5.12. The lowest BCUT2D eigenvalue weighted by Gasteiger charge is -2.12. The quantitative estimate of drug-likeness (QED) is 0.627. The predicted molar refractivity (Wildman–Crippen MR) is 44.4 cm³/mol. The number of aliphatic carboxylic acids is 1. The number of carbonyl (C=O) groups is 2. The van der Waals surface area contributed by atoms with Gasteiger partial charge in [0, 0.05) is 18.8 Å². The molecule has 0 aliphatic rings. The molecule has 0 saturated heterocycles. The number of carboxylic acids is 1. The van der Waals surface area contributed by atoms with Crippen molar-refractivity contribution in [3.63, 3.8) is 0 Å². The van der Waals surface area contributed by atoms with E-state index in [1.54, 1.807) is 6.92 Å². The number of hydrogen-bond donors (Lipinski definition) is 1. The van der Waals surface area contributed by atoms with E-state index in [4.69, 9.17) is 5.11 Å². The lowest BCUT2D eigenvalue weighted by Crippen LogP contribution is -2.23. The standard InChI is InChI=1S/C8H11NO3/c1-3-7(10)9(4-2)6-5-8(11)12/h3,5-6H,1,4H2,2H3,(H,11,12). The summed E-state index contributed by atoms with van der Waals surface area (Å²) in [4.78, 5) is 22.3. The molecule has 12 heavy (non-hydrogen) atoms. The number of nitrogens with zero attached hydrogens (tertiary/aromatic N) is 1. The Bertz CT molecular complexity index is 220. The largest absolute Gasteiger partial charge is 0.478 e. The highest BCUT2D eigenvalue weighted by Crippen LogP contribution is 1.91. The maximum absolute atomic E-state index is 10.9. The van der Waals surface area contributed by atoms with Gasteiger partial charge in [-0.3, -0.25) is 4.79 Å². The van der Waals surface area contributed by atoms with Crippen LogP contribution in [-0.2, 0) is 9.59 Å². The monoisotopic (exact) mass is 169 g/mol. The smallest absolute Gasteiger partial charge is 0.329 e. The molecule has 4 heteroatoms. The molecule has 1 N–H and O–H groups in total. The van der Waals surface area contributed by atoms with Crippen LogP contribution in [0.4, 0.5) is 0 Å². The maximum Gasteiger partial charge on any atom is 0.329 e. The Kier molecular flexibility index (Phi) is 4.45. The predicted octanol–water partition coefficient (Wildman–Crippen LogP) is 0.619. The molecule has 66 valence electrons. The van der Waals surface area contributed by atoms with Gasteiger partial charge in [-0.25, -0.2) is 4.79 Å². The SMILES string of the molecule is C=CC(=O)N(C=CC(=O)O)CC. The number of amides is 1. The molecule has 0 rings (SSSR count). The van der Waals surface area contributed by atoms with Crippen LogP contribution in [0.1, 0.15) is 6.92 Å². The highest BCUT2D eigenvalue weighted by atomic mass is 16.4. The van der Waals surface area contributed by atoms with Gasteiger partial charge in [-0.05, 0) is 13.0 Å². The first-order valence-corrected chi connectivity index (χ1v) is 3.46. The molecular weight excluding hydrogens is 158 g/mol. The van der Waals surface area contributed by atoms with Gasteiger partial charge in [-0.2, -0.15) is 0 Å². The fraction of sp³-hybridized carbons (Fsp3) is 0.250. The molecule has 0 spiro atoms. The molecule has 0 atom stereocenters. The zero-order chi connectivity index (χ0) is 9.56. The average Bonchev–Trinajstić information content (AvgIpc) is 2.04. The van der Waals surface area contributed by atoms with Crippen molar-refractivity contribution in [1.29, 1.82) is 0 Å². The van der Waals surface area contributed by atoms with Crippen LogP contribution < -0.4 is 0 Å². The van der Waals surface area contributed by atoms with Gasteiger partial charge in [0.15, 0.2) is 0 Å². The Balaban J connectivity index is 4.26. The van der Waals surface area contributed by atoms with Crippen molar-refractivity contribution in [2.24, 2.45) is 0 Å². The minimum Gasteiger partial charge on any atom is -0.478 e. The van der Waals surface area contributed by atoms with Crippen molar-refractivity contribution in [2.45, 2.75) is 6.92 Å². The van der Waals surface area contributed by atoms with Gasteiger partial charge in [0.05, 0.1) is 0 Å². The molecule has 0 aromatic heterocycles. The van der Waals surface area contributed by atoms with Gasteiger partial charge < -0.3 is 10.0 Å². The molecule has 0 aliphatic heterocycles. The Morgan fingerprint density at radius 2 is 2.17 bits per heavy atom. The van der Waals surface area contributed by atoms with Crippen LogP contribution in [0.3, 0.4) is 0 Å². The summed E-state index contributed by atoms with van der Waals surface area (Å²) >= 11 is 0. The summed E-state index contributed by atoms with van der Waals surface area (Å²) in [6.45, 7) is 5.45. The first-order chi connectivity index (χ1) is 5.61. The van der Waals surface area contributed by atoms with E-state index in [0.717, 1.165) is 12.2 Å². The summed E-state index contributed by atoms with van der Waals surface area (Å²) in [6.07, 6.45) is 3.26. The number of hydrogen-bond acceptors (Lipinski definition) is 2. The van der Waals surface area contributed by atoms with Crippen molar-refractivity contribution < 1.29 is 14.7 Å². The van der Waals surface area contributed by atoms with Gasteiger partial charge in [0.25, 0.3) is 0 Å². The number of likely N-dealkylation sites (N-methyl/N-ethyl adjacent to an activating group) is 1. The van der Waals surface area contributed by atoms with E-state index in [2.05, 4.69) is 6.58 Å². The summed E-state index contributed by atoms with van der Waals surface area (Å²) in [5.41, 5.74) is 0. The fourth-order valence-corrected chi connectivity index (χ4v) is 0.606. The average molecular weight is 169 g/mol. The van der Waals surface area contributed by atoms with E-state index in [0.29, 0.717) is 6.54 Å². The van der Waals surface area contributed by atoms with Crippen molar-refractivity contribution in [3.05, 3.63) is 24.9 Å². The van der Waals surface area contributed by atoms with Crippen LogP contribution in [0, 0.1) is 0 Å². The second-order valence-electron chi connectivity index (χ2n) is 1.98. The third-order valence-electron chi connectivity index (χ3n) is 1.20. The zero-order valence-corrected chi connectivity index (χ0v) is 6.86. The molecule has 1 amide bonds. The van der Waals surface area contributed by atoms with Gasteiger partial charge in [-0.15, -0.1) is 0 Å². The number of rotatable bonds is 4. The van der Waals surface area contributed by atoms with Crippen LogP contribution in [0.15, 0.2) is 24.9 Å². The summed E-state index contributed by atoms with van der Waals surface area (Å²) in [7, 11) is 0. The molecule has 0 saturated carbocycles. The molecule has 0 unspecified atom stereocenters. The Morgan fingerprint density at radius 1 is 1.58 bits per heavy atom. The fourth-order valence-electron chi connectivity index (χ4n) is 0.606. The molecule has 0 bridgehead atoms. The minimum atomic E-state index is -1.08. The Labute approximate surface area is 70.8 Å². The second-order valence-corrected chi connectivity index (χ2v) is 1.98. The molecular formula is C8H11NO3. The number of carboxylic acid groups (broad SMARTS) is 1. The third-order valence-corrected chi connectivity index (χ3v) is 1.20. The highest BCUT2D eigenvalue weighted by molar-refractivity contribution is 5.88. The van der Waals surface area contributed by atoms with Crippen molar-refractivity contribution in [2.75, 3.05) is 6.54 Å². The van der Waals surface area contributed by atoms with Crippen molar-refractivity contribution >= 4 is 11.9 Å². The lowest BCUT2D eigenvalue weighted by atomic mass is 10.4. The molecule has 0 fully saturated rings. The van der Waals surface area contributed by atoms with E-state index >= 15 is 0 Å². The van der Waals surface area contributed by atoms with Crippen LogP contribution >= 0.6 is 0 Å². The molecule has 0 aromatic rings. The van der Waals surface area contributed by atoms with E-state index in [1.807, 2.05) is 0 Å². The first-order valence-electron chi connectivity index (χ1n) is 3.46. The third kappa shape index (κ3) is 3.55. The van der Waals surface area contributed by atoms with Crippen LogP contribution in [0.25, 0.3) is 0 Å². The topological polar surface area (TPSA) is 57.6 Å². The van der Waals surface area contributed by atoms with E-state index in [9.17, 15) is 9.59 Å². The van der Waals surface area contributed by atoms with E-state index in [1.165, 1.54) is 11.1 Å². The van der Waals surface area contributed by atoms with Crippen molar-refractivity contribution in [3.8, 4) is 0 Å². The van der Waals surface area contributed by atoms with E-state index in [-0.39, 0.29) is 5.91 Å². The van der Waals surface area contributed by atoms with E-state index < -0.39 is 5.97 Å². The van der Waals surface area contributed by atoms with Gasteiger partial charge in [-0.1, -0.05) is 6.58 Å². The van der Waals surface area contributed by atoms with Gasteiger partial charge in [0.2, 0.25) is 5.91 Å². The lowest BCUT2D eigenvalue weighted by molar-refractivity contribution is -0.131. The molecule has 0 aliphatic carbocycles. The summed E-state index contributed by atoms with van der Waals surface area (Å²) in [5, 5.41) is 8.26. The van der Waals surface area contributed by atoms with Gasteiger partial charge in [0.1, 0.15) is 0 Å². The zero-order valence-electron chi connectivity index (χ0n) is 6.86. The van der Waals surface area contributed by atoms with Crippen LogP contribution in [0.2, 0.25) is 0 Å². The summed E-state index contributed by atoms with van der Waals surface area (Å²) < 4.78 is 0. The Morgan fingerprint density at radius 3 is 2.50 bits per heavy atom. The Hall–Kier alpha value is -1.58. The van der Waals surface area contributed by atoms with Crippen LogP contribution in [-0.4, -0.2) is 28.4 Å². The molecule has 0 heterocycles. The molecule has 0 radical (unpaired) electrons. The van der Waals surface area contributed by atoms with Gasteiger partial charge >= 0.3 is 5.97 Å². The highest BCUT2D eigenvalue weighted by Gasteiger charge is 2.02. The summed E-state index contributed by atoms with van der Waals surface area (Å²) in [6, 6.07) is 0. The maximum atomic E-state index is 10.9. The van der Waals surface area contributed by atoms with Crippen molar-refractivity contribution in [1.82, 2.24) is 4.90 Å². The van der Waals surface area contributed by atoms with Crippen LogP contribution in [0.5, 0.6) is 0 Å². The number of carbonyl (C=O) groups excluding carboxylic acids is 1. The first kappa shape index (κ1) is 10.4.